The zero-order chi connectivity index (χ0) is 15.1. The summed E-state index contributed by atoms with van der Waals surface area (Å²) in [7, 11) is 4.03. The lowest BCUT2D eigenvalue weighted by Gasteiger charge is -2.11. The van der Waals surface area contributed by atoms with Crippen molar-refractivity contribution < 1.29 is 0 Å². The Bertz CT molecular complexity index is 575. The van der Waals surface area contributed by atoms with Gasteiger partial charge in [0.2, 0.25) is 11.1 Å². The molecule has 0 amide bonds. The lowest BCUT2D eigenvalue weighted by Crippen LogP contribution is -2.08. The minimum atomic E-state index is 0.551. The zero-order valence-electron chi connectivity index (χ0n) is 12.5. The normalized spacial score (nSPS) is 11.0. The first-order valence-electron chi connectivity index (χ1n) is 6.80. The molecule has 1 heterocycles. The van der Waals surface area contributed by atoms with Crippen LogP contribution < -0.4 is 10.3 Å². The molecule has 2 rings (SSSR count). The number of thioether (sulfide) groups is 1. The van der Waals surface area contributed by atoms with Crippen molar-refractivity contribution in [2.24, 2.45) is 5.10 Å². The van der Waals surface area contributed by atoms with Gasteiger partial charge in [-0.1, -0.05) is 30.8 Å². The average molecular weight is 304 g/mol. The molecule has 1 aromatic heterocycles. The molecule has 0 saturated heterocycles. The molecule has 2 N–H and O–H groups in total. The second-order valence-corrected chi connectivity index (χ2v) is 5.73. The van der Waals surface area contributed by atoms with Crippen molar-refractivity contribution in [2.75, 3.05) is 30.2 Å². The number of rotatable bonds is 7. The summed E-state index contributed by atoms with van der Waals surface area (Å²) in [5.41, 5.74) is 5.03. The lowest BCUT2D eigenvalue weighted by atomic mass is 10.2. The summed E-state index contributed by atoms with van der Waals surface area (Å²) in [5, 5.41) is 11.8. The number of benzene rings is 1. The molecule has 0 saturated carbocycles. The van der Waals surface area contributed by atoms with Crippen molar-refractivity contribution in [2.45, 2.75) is 18.5 Å². The van der Waals surface area contributed by atoms with E-state index in [2.05, 4.69) is 49.7 Å². The van der Waals surface area contributed by atoms with E-state index in [4.69, 9.17) is 0 Å². The number of hydrogen-bond donors (Lipinski definition) is 2. The fourth-order valence-electron chi connectivity index (χ4n) is 1.58. The van der Waals surface area contributed by atoms with Crippen molar-refractivity contribution in [3.05, 3.63) is 29.8 Å². The van der Waals surface area contributed by atoms with Crippen LogP contribution in [0.4, 0.5) is 11.6 Å². The number of hydrogen-bond acceptors (Lipinski definition) is 6. The van der Waals surface area contributed by atoms with Crippen LogP contribution in [0.25, 0.3) is 0 Å². The zero-order valence-corrected chi connectivity index (χ0v) is 13.3. The molecule has 7 heteroatoms. The van der Waals surface area contributed by atoms with E-state index < -0.39 is 0 Å². The maximum absolute atomic E-state index is 4.28. The van der Waals surface area contributed by atoms with Crippen molar-refractivity contribution in [3.8, 4) is 0 Å². The summed E-state index contributed by atoms with van der Waals surface area (Å²) < 4.78 is 0. The third-order valence-corrected chi connectivity index (χ3v) is 3.75. The first-order chi connectivity index (χ1) is 10.2. The van der Waals surface area contributed by atoms with Gasteiger partial charge in [-0.15, -0.1) is 5.10 Å². The van der Waals surface area contributed by atoms with Crippen LogP contribution in [-0.4, -0.2) is 41.2 Å². The molecular formula is C14H20N6S. The summed E-state index contributed by atoms with van der Waals surface area (Å²) in [5.74, 6) is 1.56. The Balaban J connectivity index is 1.88. The number of aromatic nitrogens is 3. The molecule has 2 aromatic rings. The summed E-state index contributed by atoms with van der Waals surface area (Å²) in [6.07, 6.45) is 2.85. The highest BCUT2D eigenvalue weighted by molar-refractivity contribution is 7.99. The highest BCUT2D eigenvalue weighted by Gasteiger charge is 2.01. The van der Waals surface area contributed by atoms with Gasteiger partial charge < -0.3 is 4.90 Å². The number of aromatic amines is 1. The van der Waals surface area contributed by atoms with Gasteiger partial charge in [0.25, 0.3) is 0 Å². The highest BCUT2D eigenvalue weighted by atomic mass is 32.2. The smallest absolute Gasteiger partial charge is 0.240 e. The lowest BCUT2D eigenvalue weighted by molar-refractivity contribution is 0.968. The van der Waals surface area contributed by atoms with E-state index in [1.54, 1.807) is 18.0 Å². The van der Waals surface area contributed by atoms with E-state index >= 15 is 0 Å². The van der Waals surface area contributed by atoms with Gasteiger partial charge in [0.1, 0.15) is 0 Å². The third-order valence-electron chi connectivity index (χ3n) is 2.69. The summed E-state index contributed by atoms with van der Waals surface area (Å²) in [4.78, 5) is 6.34. The molecule has 0 atom stereocenters. The van der Waals surface area contributed by atoms with E-state index in [-0.39, 0.29) is 0 Å². The summed E-state index contributed by atoms with van der Waals surface area (Å²) in [6.45, 7) is 2.13. The van der Waals surface area contributed by atoms with E-state index in [0.29, 0.717) is 5.95 Å². The fourth-order valence-corrected chi connectivity index (χ4v) is 2.23. The van der Waals surface area contributed by atoms with Gasteiger partial charge in [-0.3, -0.25) is 0 Å². The van der Waals surface area contributed by atoms with Crippen LogP contribution in [0.2, 0.25) is 0 Å². The number of hydrazone groups is 1. The Hall–Kier alpha value is -2.02. The third kappa shape index (κ3) is 4.78. The van der Waals surface area contributed by atoms with E-state index in [1.807, 2.05) is 26.2 Å². The topological polar surface area (TPSA) is 69.2 Å². The predicted molar refractivity (Wildman–Crippen MR) is 89.4 cm³/mol. The van der Waals surface area contributed by atoms with E-state index in [9.17, 15) is 0 Å². The van der Waals surface area contributed by atoms with Gasteiger partial charge >= 0.3 is 0 Å². The fraction of sp³-hybridized carbons (Fsp3) is 0.357. The maximum atomic E-state index is 4.28. The molecule has 6 nitrogen and oxygen atoms in total. The van der Waals surface area contributed by atoms with Crippen LogP contribution >= 0.6 is 11.8 Å². The van der Waals surface area contributed by atoms with Crippen molar-refractivity contribution in [3.63, 3.8) is 0 Å². The second-order valence-electron chi connectivity index (χ2n) is 4.67. The standard InChI is InChI=1S/C14H20N6S/c1-4-9-21-14-16-13(18-19-14)17-15-10-11-5-7-12(8-6-11)20(2)3/h5-8,10H,4,9H2,1-3H3,(H2,16,17,18,19)/b15-10-. The molecule has 0 spiro atoms. The van der Waals surface area contributed by atoms with Gasteiger partial charge in [-0.25, -0.2) is 10.5 Å². The number of anilines is 2. The molecule has 21 heavy (non-hydrogen) atoms. The molecule has 112 valence electrons. The summed E-state index contributed by atoms with van der Waals surface area (Å²) >= 11 is 1.63. The SMILES string of the molecule is CCCSc1n[nH]c(N/N=C\c2ccc(N(C)C)cc2)n1. The van der Waals surface area contributed by atoms with E-state index in [1.165, 1.54) is 0 Å². The number of nitrogens with zero attached hydrogens (tertiary/aromatic N) is 4. The van der Waals surface area contributed by atoms with Crippen molar-refractivity contribution >= 4 is 29.6 Å². The van der Waals surface area contributed by atoms with Crippen LogP contribution in [0.15, 0.2) is 34.5 Å². The summed E-state index contributed by atoms with van der Waals surface area (Å²) in [6, 6.07) is 8.14. The molecule has 0 bridgehead atoms. The Morgan fingerprint density at radius 2 is 2.10 bits per heavy atom. The average Bonchev–Trinajstić information content (AvgIpc) is 2.93. The number of H-pyrrole nitrogens is 1. The van der Waals surface area contributed by atoms with Gasteiger partial charge in [0.05, 0.1) is 6.21 Å². The Morgan fingerprint density at radius 3 is 2.76 bits per heavy atom. The van der Waals surface area contributed by atoms with Gasteiger partial charge in [-0.05, 0) is 24.1 Å². The van der Waals surface area contributed by atoms with Gasteiger partial charge in [0, 0.05) is 25.5 Å². The minimum Gasteiger partial charge on any atom is -0.378 e. The predicted octanol–water partition coefficient (Wildman–Crippen LogP) is 2.82. The Kier molecular flexibility index (Phi) is 5.62. The first kappa shape index (κ1) is 15.4. The molecule has 0 aliphatic carbocycles. The van der Waals surface area contributed by atoms with Crippen LogP contribution in [0, 0.1) is 0 Å². The van der Waals surface area contributed by atoms with Crippen molar-refractivity contribution in [1.29, 1.82) is 0 Å². The Morgan fingerprint density at radius 1 is 1.33 bits per heavy atom. The maximum Gasteiger partial charge on any atom is 0.240 e. The molecule has 0 radical (unpaired) electrons. The molecule has 0 aliphatic heterocycles. The molecule has 0 fully saturated rings. The quantitative estimate of drug-likeness (QED) is 0.468. The monoisotopic (exact) mass is 304 g/mol. The van der Waals surface area contributed by atoms with Crippen LogP contribution in [0.3, 0.4) is 0 Å². The first-order valence-corrected chi connectivity index (χ1v) is 7.79. The minimum absolute atomic E-state index is 0.551. The molecular weight excluding hydrogens is 284 g/mol. The van der Waals surface area contributed by atoms with E-state index in [0.717, 1.165) is 28.6 Å². The van der Waals surface area contributed by atoms with Crippen molar-refractivity contribution in [1.82, 2.24) is 15.2 Å². The van der Waals surface area contributed by atoms with Crippen LogP contribution in [-0.2, 0) is 0 Å². The molecule has 0 aliphatic rings. The molecule has 1 aromatic carbocycles. The Labute approximate surface area is 129 Å². The van der Waals surface area contributed by atoms with Crippen LogP contribution in [0.5, 0.6) is 0 Å². The highest BCUT2D eigenvalue weighted by Crippen LogP contribution is 2.14. The number of nitrogens with one attached hydrogen (secondary N) is 2. The second kappa shape index (κ2) is 7.68. The van der Waals surface area contributed by atoms with Crippen LogP contribution in [0.1, 0.15) is 18.9 Å². The molecule has 0 unspecified atom stereocenters. The largest absolute Gasteiger partial charge is 0.378 e. The van der Waals surface area contributed by atoms with Gasteiger partial charge in [-0.2, -0.15) is 10.1 Å². The van der Waals surface area contributed by atoms with Gasteiger partial charge in [0.15, 0.2) is 0 Å².